The molecule has 19 heavy (non-hydrogen) atoms. The third-order valence-electron chi connectivity index (χ3n) is 2.88. The number of hydrogen-bond acceptors (Lipinski definition) is 2. The Morgan fingerprint density at radius 2 is 2.05 bits per heavy atom. The number of unbranched alkanes of at least 4 members (excludes halogenated alkanes) is 2. The summed E-state index contributed by atoms with van der Waals surface area (Å²) in [5.41, 5.74) is 1.20. The molecular weight excluding hydrogens is 258 g/mol. The van der Waals surface area contributed by atoms with Crippen molar-refractivity contribution in [3.05, 3.63) is 28.8 Å². The Hall–Kier alpha value is -0.730. The van der Waals surface area contributed by atoms with Crippen LogP contribution < -0.4 is 10.1 Å². The van der Waals surface area contributed by atoms with Crippen LogP contribution in [0.5, 0.6) is 5.75 Å². The number of ether oxygens (including phenoxy) is 1. The average Bonchev–Trinajstić information content (AvgIpc) is 2.36. The van der Waals surface area contributed by atoms with Gasteiger partial charge in [-0.2, -0.15) is 0 Å². The lowest BCUT2D eigenvalue weighted by Gasteiger charge is -2.11. The Balaban J connectivity index is 2.40. The molecule has 0 aliphatic heterocycles. The molecule has 0 amide bonds. The maximum Gasteiger partial charge on any atom is 0.137 e. The van der Waals surface area contributed by atoms with E-state index >= 15 is 0 Å². The van der Waals surface area contributed by atoms with Crippen LogP contribution in [0.2, 0.25) is 5.02 Å². The van der Waals surface area contributed by atoms with Crippen LogP contribution in [0.1, 0.15) is 45.6 Å². The highest BCUT2D eigenvalue weighted by Crippen LogP contribution is 2.25. The molecule has 0 aliphatic rings. The normalized spacial score (nSPS) is 11.0. The van der Waals surface area contributed by atoms with E-state index in [4.69, 9.17) is 16.3 Å². The fraction of sp³-hybridized carbons (Fsp3) is 0.625. The van der Waals surface area contributed by atoms with Crippen LogP contribution >= 0.6 is 11.6 Å². The van der Waals surface area contributed by atoms with Gasteiger partial charge in [-0.05, 0) is 36.6 Å². The van der Waals surface area contributed by atoms with Crippen molar-refractivity contribution in [2.45, 2.75) is 46.6 Å². The van der Waals surface area contributed by atoms with Crippen molar-refractivity contribution in [3.8, 4) is 5.75 Å². The second-order valence-electron chi connectivity index (χ2n) is 5.35. The molecule has 1 rings (SSSR count). The first-order chi connectivity index (χ1) is 9.13. The van der Waals surface area contributed by atoms with E-state index in [0.717, 1.165) is 31.9 Å². The molecular formula is C16H26ClNO. The number of nitrogens with one attached hydrogen (secondary N) is 1. The Morgan fingerprint density at radius 1 is 1.26 bits per heavy atom. The van der Waals surface area contributed by atoms with E-state index in [1.165, 1.54) is 18.4 Å². The second kappa shape index (κ2) is 9.22. The Morgan fingerprint density at radius 3 is 2.68 bits per heavy atom. The van der Waals surface area contributed by atoms with Gasteiger partial charge >= 0.3 is 0 Å². The molecule has 1 N–H and O–H groups in total. The predicted molar refractivity (Wildman–Crippen MR) is 83.0 cm³/mol. The summed E-state index contributed by atoms with van der Waals surface area (Å²) < 4.78 is 5.68. The quantitative estimate of drug-likeness (QED) is 0.666. The molecule has 0 saturated carbocycles. The molecule has 0 bridgehead atoms. The molecule has 1 aromatic rings. The summed E-state index contributed by atoms with van der Waals surface area (Å²) in [7, 11) is 0. The van der Waals surface area contributed by atoms with Gasteiger partial charge < -0.3 is 10.1 Å². The van der Waals surface area contributed by atoms with E-state index in [1.54, 1.807) is 0 Å². The summed E-state index contributed by atoms with van der Waals surface area (Å²) in [5, 5.41) is 4.12. The van der Waals surface area contributed by atoms with Crippen LogP contribution in [0.3, 0.4) is 0 Å². The van der Waals surface area contributed by atoms with Gasteiger partial charge in [0.2, 0.25) is 0 Å². The summed E-state index contributed by atoms with van der Waals surface area (Å²) in [5.74, 6) is 1.46. The molecule has 0 saturated heterocycles. The summed E-state index contributed by atoms with van der Waals surface area (Å²) in [4.78, 5) is 0. The maximum absolute atomic E-state index is 6.23. The molecule has 1 aromatic carbocycles. The van der Waals surface area contributed by atoms with Gasteiger partial charge in [-0.25, -0.2) is 0 Å². The van der Waals surface area contributed by atoms with E-state index < -0.39 is 0 Å². The summed E-state index contributed by atoms with van der Waals surface area (Å²) in [6, 6.07) is 6.04. The van der Waals surface area contributed by atoms with Crippen molar-refractivity contribution in [1.82, 2.24) is 5.32 Å². The molecule has 0 unspecified atom stereocenters. The van der Waals surface area contributed by atoms with Crippen LogP contribution in [-0.2, 0) is 6.54 Å². The van der Waals surface area contributed by atoms with E-state index in [-0.39, 0.29) is 0 Å². The van der Waals surface area contributed by atoms with Gasteiger partial charge in [0.15, 0.2) is 0 Å². The number of benzene rings is 1. The predicted octanol–water partition coefficient (Wildman–Crippen LogP) is 4.65. The number of halogens is 1. The topological polar surface area (TPSA) is 21.3 Å². The fourth-order valence-electron chi connectivity index (χ4n) is 1.81. The molecule has 0 radical (unpaired) electrons. The van der Waals surface area contributed by atoms with Gasteiger partial charge in [-0.1, -0.05) is 51.3 Å². The molecule has 0 atom stereocenters. The van der Waals surface area contributed by atoms with Crippen LogP contribution in [0.15, 0.2) is 18.2 Å². The molecule has 3 heteroatoms. The Labute approximate surface area is 122 Å². The smallest absolute Gasteiger partial charge is 0.137 e. The van der Waals surface area contributed by atoms with Gasteiger partial charge in [-0.15, -0.1) is 0 Å². The standard InChI is InChI=1S/C16H26ClNO/c1-4-5-6-9-19-16-8-7-14(10-15(16)17)12-18-11-13(2)3/h7-8,10,13,18H,4-6,9,11-12H2,1-3H3. The largest absolute Gasteiger partial charge is 0.492 e. The lowest BCUT2D eigenvalue weighted by atomic mass is 10.2. The SMILES string of the molecule is CCCCCOc1ccc(CNCC(C)C)cc1Cl. The average molecular weight is 284 g/mol. The second-order valence-corrected chi connectivity index (χ2v) is 5.75. The number of rotatable bonds is 9. The minimum absolute atomic E-state index is 0.664. The summed E-state index contributed by atoms with van der Waals surface area (Å²) in [6.07, 6.45) is 3.50. The van der Waals surface area contributed by atoms with Crippen molar-refractivity contribution in [2.24, 2.45) is 5.92 Å². The molecule has 0 heterocycles. The summed E-state index contributed by atoms with van der Waals surface area (Å²) in [6.45, 7) is 9.21. The monoisotopic (exact) mass is 283 g/mol. The van der Waals surface area contributed by atoms with E-state index in [1.807, 2.05) is 12.1 Å². The van der Waals surface area contributed by atoms with Crippen LogP contribution in [0, 0.1) is 5.92 Å². The zero-order valence-corrected chi connectivity index (χ0v) is 13.1. The van der Waals surface area contributed by atoms with Crippen LogP contribution in [-0.4, -0.2) is 13.2 Å². The van der Waals surface area contributed by atoms with Crippen molar-refractivity contribution in [3.63, 3.8) is 0 Å². The fourth-order valence-corrected chi connectivity index (χ4v) is 2.07. The minimum atomic E-state index is 0.664. The zero-order valence-electron chi connectivity index (χ0n) is 12.3. The maximum atomic E-state index is 6.23. The highest BCUT2D eigenvalue weighted by atomic mass is 35.5. The molecule has 0 fully saturated rings. The first kappa shape index (κ1) is 16.3. The van der Waals surface area contributed by atoms with E-state index in [9.17, 15) is 0 Å². The first-order valence-electron chi connectivity index (χ1n) is 7.25. The lowest BCUT2D eigenvalue weighted by molar-refractivity contribution is 0.306. The van der Waals surface area contributed by atoms with Crippen LogP contribution in [0.25, 0.3) is 0 Å². The molecule has 2 nitrogen and oxygen atoms in total. The van der Waals surface area contributed by atoms with Gasteiger partial charge in [-0.3, -0.25) is 0 Å². The molecule has 0 aromatic heterocycles. The van der Waals surface area contributed by atoms with E-state index in [2.05, 4.69) is 32.2 Å². The van der Waals surface area contributed by atoms with Crippen molar-refractivity contribution in [1.29, 1.82) is 0 Å². The van der Waals surface area contributed by atoms with Crippen molar-refractivity contribution >= 4 is 11.6 Å². The third kappa shape index (κ3) is 6.84. The van der Waals surface area contributed by atoms with E-state index in [0.29, 0.717) is 10.9 Å². The highest BCUT2D eigenvalue weighted by Gasteiger charge is 2.03. The number of hydrogen-bond donors (Lipinski definition) is 1. The molecule has 108 valence electrons. The van der Waals surface area contributed by atoms with Gasteiger partial charge in [0.05, 0.1) is 11.6 Å². The minimum Gasteiger partial charge on any atom is -0.492 e. The highest BCUT2D eigenvalue weighted by molar-refractivity contribution is 6.32. The third-order valence-corrected chi connectivity index (χ3v) is 3.18. The lowest BCUT2D eigenvalue weighted by Crippen LogP contribution is -2.18. The van der Waals surface area contributed by atoms with Gasteiger partial charge in [0.1, 0.15) is 5.75 Å². The Kier molecular flexibility index (Phi) is 7.92. The van der Waals surface area contributed by atoms with Crippen LogP contribution in [0.4, 0.5) is 0 Å². The van der Waals surface area contributed by atoms with Gasteiger partial charge in [0, 0.05) is 6.54 Å². The molecule has 0 spiro atoms. The summed E-state index contributed by atoms with van der Waals surface area (Å²) >= 11 is 6.23. The van der Waals surface area contributed by atoms with Gasteiger partial charge in [0.25, 0.3) is 0 Å². The first-order valence-corrected chi connectivity index (χ1v) is 7.63. The van der Waals surface area contributed by atoms with Crippen molar-refractivity contribution < 1.29 is 4.74 Å². The zero-order chi connectivity index (χ0) is 14.1. The molecule has 0 aliphatic carbocycles. The van der Waals surface area contributed by atoms with Crippen molar-refractivity contribution in [2.75, 3.05) is 13.2 Å². The Bertz CT molecular complexity index is 366.